The lowest BCUT2D eigenvalue weighted by Gasteiger charge is -2.01. The maximum atomic E-state index is 12.1. The van der Waals surface area contributed by atoms with E-state index in [1.165, 1.54) is 27.5 Å². The van der Waals surface area contributed by atoms with Gasteiger partial charge in [-0.1, -0.05) is 48.6 Å². The molecule has 0 saturated heterocycles. The van der Waals surface area contributed by atoms with Crippen LogP contribution in [-0.4, -0.2) is 24.4 Å². The molecule has 0 spiro atoms. The molecule has 0 aliphatic carbocycles. The molecule has 0 unspecified atom stereocenters. The second-order valence-corrected chi connectivity index (χ2v) is 6.51. The van der Waals surface area contributed by atoms with Crippen LogP contribution in [0.15, 0.2) is 53.5 Å². The highest BCUT2D eigenvalue weighted by Crippen LogP contribution is 2.20. The van der Waals surface area contributed by atoms with E-state index in [0.29, 0.717) is 22.5 Å². The predicted molar refractivity (Wildman–Crippen MR) is 97.6 cm³/mol. The first-order chi connectivity index (χ1) is 12.2. The van der Waals surface area contributed by atoms with Crippen LogP contribution in [0.2, 0.25) is 0 Å². The molecule has 0 bridgehead atoms. The second kappa shape index (κ2) is 6.48. The molecule has 0 radical (unpaired) electrons. The molecule has 3 heterocycles. The number of aryl methyl sites for hydroxylation is 1. The molecule has 7 nitrogen and oxygen atoms in total. The SMILES string of the molecule is CCc1cc(=O)n2nc(Nc3ccn(Cc4ccccc4)n3)sc2n1. The Labute approximate surface area is 147 Å². The summed E-state index contributed by atoms with van der Waals surface area (Å²) in [5, 5.41) is 12.5. The summed E-state index contributed by atoms with van der Waals surface area (Å²) >= 11 is 1.33. The molecule has 0 fully saturated rings. The monoisotopic (exact) mass is 352 g/mol. The first-order valence-corrected chi connectivity index (χ1v) is 8.77. The molecule has 126 valence electrons. The minimum Gasteiger partial charge on any atom is -0.313 e. The van der Waals surface area contributed by atoms with E-state index < -0.39 is 0 Å². The fourth-order valence-electron chi connectivity index (χ4n) is 2.48. The van der Waals surface area contributed by atoms with Gasteiger partial charge in [-0.3, -0.25) is 9.48 Å². The minimum absolute atomic E-state index is 0.166. The van der Waals surface area contributed by atoms with Gasteiger partial charge in [0.15, 0.2) is 5.82 Å². The lowest BCUT2D eigenvalue weighted by Crippen LogP contribution is -2.15. The van der Waals surface area contributed by atoms with Crippen LogP contribution in [0.25, 0.3) is 4.96 Å². The Morgan fingerprint density at radius 2 is 2.00 bits per heavy atom. The Morgan fingerprint density at radius 1 is 1.16 bits per heavy atom. The van der Waals surface area contributed by atoms with Crippen LogP contribution in [0.3, 0.4) is 0 Å². The van der Waals surface area contributed by atoms with Crippen LogP contribution >= 0.6 is 11.3 Å². The van der Waals surface area contributed by atoms with Crippen molar-refractivity contribution in [1.82, 2.24) is 24.4 Å². The number of hydrogen-bond acceptors (Lipinski definition) is 6. The molecule has 0 amide bonds. The zero-order valence-corrected chi connectivity index (χ0v) is 14.4. The predicted octanol–water partition coefficient (Wildman–Crippen LogP) is 2.70. The van der Waals surface area contributed by atoms with Crippen molar-refractivity contribution < 1.29 is 0 Å². The molecule has 25 heavy (non-hydrogen) atoms. The first kappa shape index (κ1) is 15.5. The van der Waals surface area contributed by atoms with Crippen molar-refractivity contribution >= 4 is 27.2 Å². The Morgan fingerprint density at radius 3 is 2.80 bits per heavy atom. The summed E-state index contributed by atoms with van der Waals surface area (Å²) in [7, 11) is 0. The van der Waals surface area contributed by atoms with Gasteiger partial charge < -0.3 is 5.32 Å². The van der Waals surface area contributed by atoms with Crippen LogP contribution < -0.4 is 10.9 Å². The highest BCUT2D eigenvalue weighted by Gasteiger charge is 2.09. The number of fused-ring (bicyclic) bond motifs is 1. The van der Waals surface area contributed by atoms with Gasteiger partial charge in [0.25, 0.3) is 5.56 Å². The van der Waals surface area contributed by atoms with Gasteiger partial charge in [-0.15, -0.1) is 5.10 Å². The van der Waals surface area contributed by atoms with Gasteiger partial charge in [-0.05, 0) is 12.0 Å². The molecule has 8 heteroatoms. The first-order valence-electron chi connectivity index (χ1n) is 7.95. The van der Waals surface area contributed by atoms with Crippen LogP contribution in [0, 0.1) is 0 Å². The lowest BCUT2D eigenvalue weighted by atomic mass is 10.2. The highest BCUT2D eigenvalue weighted by molar-refractivity contribution is 7.20. The number of nitrogens with one attached hydrogen (secondary N) is 1. The summed E-state index contributed by atoms with van der Waals surface area (Å²) in [5.74, 6) is 0.679. The van der Waals surface area contributed by atoms with Crippen molar-refractivity contribution in [3.8, 4) is 0 Å². The molecule has 3 aromatic heterocycles. The van der Waals surface area contributed by atoms with Crippen LogP contribution in [-0.2, 0) is 13.0 Å². The summed E-state index contributed by atoms with van der Waals surface area (Å²) in [4.78, 5) is 17.1. The molecule has 0 saturated carbocycles. The van der Waals surface area contributed by atoms with Crippen molar-refractivity contribution in [3.63, 3.8) is 0 Å². The van der Waals surface area contributed by atoms with Crippen LogP contribution in [0.1, 0.15) is 18.2 Å². The number of anilines is 2. The number of hydrogen-bond donors (Lipinski definition) is 1. The van der Waals surface area contributed by atoms with Crippen LogP contribution in [0.4, 0.5) is 10.9 Å². The van der Waals surface area contributed by atoms with E-state index in [0.717, 1.165) is 12.1 Å². The summed E-state index contributed by atoms with van der Waals surface area (Å²) < 4.78 is 3.16. The van der Waals surface area contributed by atoms with Gasteiger partial charge >= 0.3 is 0 Å². The van der Waals surface area contributed by atoms with Crippen molar-refractivity contribution in [2.45, 2.75) is 19.9 Å². The zero-order valence-electron chi connectivity index (χ0n) is 13.6. The maximum Gasteiger partial charge on any atom is 0.275 e. The van der Waals surface area contributed by atoms with Gasteiger partial charge in [0.2, 0.25) is 10.1 Å². The summed E-state index contributed by atoms with van der Waals surface area (Å²) in [6.07, 6.45) is 2.62. The van der Waals surface area contributed by atoms with E-state index >= 15 is 0 Å². The standard InChI is InChI=1S/C17H16N6OS/c1-2-13-10-15(24)23-17(18-13)25-16(21-23)19-14-8-9-22(20-14)11-12-6-4-3-5-7-12/h3-10H,2,11H2,1H3,(H,19,20,21). The van der Waals surface area contributed by atoms with Gasteiger partial charge in [0.1, 0.15) is 0 Å². The van der Waals surface area contributed by atoms with E-state index in [-0.39, 0.29) is 5.56 Å². The third-order valence-corrected chi connectivity index (χ3v) is 4.55. The average molecular weight is 352 g/mol. The quantitative estimate of drug-likeness (QED) is 0.597. The van der Waals surface area contributed by atoms with Crippen molar-refractivity contribution in [2.24, 2.45) is 0 Å². The third-order valence-electron chi connectivity index (χ3n) is 3.72. The van der Waals surface area contributed by atoms with Crippen molar-refractivity contribution in [3.05, 3.63) is 70.3 Å². The molecule has 1 aromatic carbocycles. The normalized spacial score (nSPS) is 11.1. The Bertz CT molecular complexity index is 1070. The Hall–Kier alpha value is -3.00. The molecule has 4 aromatic rings. The Balaban J connectivity index is 1.55. The van der Waals surface area contributed by atoms with Gasteiger partial charge in [-0.2, -0.15) is 9.61 Å². The summed E-state index contributed by atoms with van der Waals surface area (Å²) in [6, 6.07) is 13.5. The van der Waals surface area contributed by atoms with E-state index in [9.17, 15) is 4.79 Å². The van der Waals surface area contributed by atoms with Crippen LogP contribution in [0.5, 0.6) is 0 Å². The van der Waals surface area contributed by atoms with Gasteiger partial charge in [0.05, 0.1) is 6.54 Å². The number of rotatable bonds is 5. The summed E-state index contributed by atoms with van der Waals surface area (Å²) in [6.45, 7) is 2.67. The van der Waals surface area contributed by atoms with Gasteiger partial charge in [-0.25, -0.2) is 4.98 Å². The van der Waals surface area contributed by atoms with Crippen molar-refractivity contribution in [2.75, 3.05) is 5.32 Å². The molecular formula is C17H16N6OS. The largest absolute Gasteiger partial charge is 0.313 e. The molecular weight excluding hydrogens is 336 g/mol. The fraction of sp³-hybridized carbons (Fsp3) is 0.176. The van der Waals surface area contributed by atoms with Crippen molar-refractivity contribution in [1.29, 1.82) is 0 Å². The smallest absolute Gasteiger partial charge is 0.275 e. The molecule has 0 aliphatic heterocycles. The number of aromatic nitrogens is 5. The molecule has 1 N–H and O–H groups in total. The minimum atomic E-state index is -0.166. The van der Waals surface area contributed by atoms with E-state index in [2.05, 4.69) is 32.6 Å². The topological polar surface area (TPSA) is 77.1 Å². The second-order valence-electron chi connectivity index (χ2n) is 5.55. The highest BCUT2D eigenvalue weighted by atomic mass is 32.1. The van der Waals surface area contributed by atoms with E-state index in [4.69, 9.17) is 0 Å². The fourth-order valence-corrected chi connectivity index (χ4v) is 3.32. The number of nitrogens with zero attached hydrogens (tertiary/aromatic N) is 5. The number of benzene rings is 1. The van der Waals surface area contributed by atoms with E-state index in [1.54, 1.807) is 0 Å². The molecule has 0 atom stereocenters. The third kappa shape index (κ3) is 3.29. The molecule has 4 rings (SSSR count). The van der Waals surface area contributed by atoms with Gasteiger partial charge in [0, 0.05) is 24.0 Å². The maximum absolute atomic E-state index is 12.1. The van der Waals surface area contributed by atoms with E-state index in [1.807, 2.05) is 42.1 Å². The lowest BCUT2D eigenvalue weighted by molar-refractivity contribution is 0.689. The molecule has 0 aliphatic rings. The average Bonchev–Trinajstić information content (AvgIpc) is 3.22. The summed E-state index contributed by atoms with van der Waals surface area (Å²) in [5.41, 5.74) is 1.79. The zero-order chi connectivity index (χ0) is 17.2. The Kier molecular flexibility index (Phi) is 4.02.